The molecule has 0 aliphatic rings. The summed E-state index contributed by atoms with van der Waals surface area (Å²) in [5.74, 6) is 0. The van der Waals surface area contributed by atoms with Gasteiger partial charge in [0.25, 0.3) is 0 Å². The van der Waals surface area contributed by atoms with Gasteiger partial charge in [0.15, 0.2) is 0 Å². The molecule has 0 aliphatic heterocycles. The standard InChI is InChI=1S/C3H7P/c1-3-4-2/h2-3H2,1H3/p+1. The Morgan fingerprint density at radius 1 is 2.00 bits per heavy atom. The molecule has 0 N–H and O–H groups in total. The van der Waals surface area contributed by atoms with Crippen LogP contribution in [0.1, 0.15) is 6.92 Å². The van der Waals surface area contributed by atoms with E-state index in [0.29, 0.717) is 0 Å². The molecule has 0 saturated heterocycles. The van der Waals surface area contributed by atoms with Gasteiger partial charge in [-0.15, -0.1) is 0 Å². The van der Waals surface area contributed by atoms with Gasteiger partial charge in [-0.1, -0.05) is 0 Å². The molecular formula is C3H8P+. The molecule has 0 fully saturated rings. The molecule has 1 heteroatoms. The molecule has 0 aromatic rings. The van der Waals surface area contributed by atoms with Crippen molar-refractivity contribution in [3.05, 3.63) is 0 Å². The lowest BCUT2D eigenvalue weighted by Gasteiger charge is -1.44. The highest BCUT2D eigenvalue weighted by atomic mass is 31.1. The molecule has 0 saturated carbocycles. The molecule has 0 rings (SSSR count). The monoisotopic (exact) mass is 75.0 g/mol. The van der Waals surface area contributed by atoms with Crippen molar-refractivity contribution in [3.8, 4) is 0 Å². The Labute approximate surface area is 28.6 Å². The van der Waals surface area contributed by atoms with Crippen LogP contribution in [0.2, 0.25) is 0 Å². The van der Waals surface area contributed by atoms with Gasteiger partial charge < -0.3 is 0 Å². The molecule has 0 aliphatic carbocycles. The molecule has 0 bridgehead atoms. The predicted molar refractivity (Wildman–Crippen MR) is 26.0 cm³/mol. The third kappa shape index (κ3) is 2.17. The van der Waals surface area contributed by atoms with Crippen LogP contribution in [0.25, 0.3) is 0 Å². The van der Waals surface area contributed by atoms with Crippen molar-refractivity contribution in [1.82, 2.24) is 0 Å². The van der Waals surface area contributed by atoms with Gasteiger partial charge in [0, 0.05) is 0 Å². The third-order valence-electron chi connectivity index (χ3n) is 0.250. The average molecular weight is 75.1 g/mol. The van der Waals surface area contributed by atoms with Crippen molar-refractivity contribution < 1.29 is 0 Å². The summed E-state index contributed by atoms with van der Waals surface area (Å²) in [7, 11) is 0.890. The smallest absolute Gasteiger partial charge is 0.0244 e. The van der Waals surface area contributed by atoms with E-state index in [2.05, 4.69) is 13.2 Å². The van der Waals surface area contributed by atoms with E-state index in [0.717, 1.165) is 8.20 Å². The largest absolute Gasteiger partial charge is 0.101 e. The van der Waals surface area contributed by atoms with Gasteiger partial charge in [-0.3, -0.25) is 0 Å². The van der Waals surface area contributed by atoms with E-state index in [-0.39, 0.29) is 0 Å². The maximum atomic E-state index is 3.63. The fraction of sp³-hybridized carbons (Fsp3) is 0.667. The van der Waals surface area contributed by atoms with Crippen LogP contribution in [-0.2, 0) is 0 Å². The van der Waals surface area contributed by atoms with Crippen LogP contribution >= 0.6 is 8.20 Å². The van der Waals surface area contributed by atoms with Crippen LogP contribution in [0, 0.1) is 0 Å². The predicted octanol–water partition coefficient (Wildman–Crippen LogP) is 1.12. The zero-order valence-electron chi connectivity index (χ0n) is 2.91. The summed E-state index contributed by atoms with van der Waals surface area (Å²) in [5.41, 5.74) is 0. The molecule has 4 heavy (non-hydrogen) atoms. The average Bonchev–Trinajstić information content (AvgIpc) is 1.37. The summed E-state index contributed by atoms with van der Waals surface area (Å²) in [6.07, 6.45) is 4.87. The van der Waals surface area contributed by atoms with Crippen molar-refractivity contribution in [3.63, 3.8) is 0 Å². The van der Waals surface area contributed by atoms with Crippen LogP contribution in [0.15, 0.2) is 0 Å². The minimum atomic E-state index is 0.890. The summed E-state index contributed by atoms with van der Waals surface area (Å²) < 4.78 is 0. The fourth-order valence-corrected chi connectivity index (χ4v) is 0. The van der Waals surface area contributed by atoms with Crippen LogP contribution in [-0.4, -0.2) is 12.5 Å². The molecule has 0 nitrogen and oxygen atoms in total. The highest BCUT2D eigenvalue weighted by Gasteiger charge is 1.58. The Kier molecular flexibility index (Phi) is 3.30. The zero-order valence-corrected chi connectivity index (χ0v) is 3.91. The van der Waals surface area contributed by atoms with E-state index in [1.165, 1.54) is 6.16 Å². The third-order valence-corrected chi connectivity index (χ3v) is 0.750. The Bertz CT molecular complexity index is 17.2. The number of rotatable bonds is 1. The van der Waals surface area contributed by atoms with Gasteiger partial charge in [-0.25, -0.2) is 0 Å². The van der Waals surface area contributed by atoms with Crippen molar-refractivity contribution in [2.45, 2.75) is 6.92 Å². The second kappa shape index (κ2) is 3.17. The fourth-order valence-electron chi connectivity index (χ4n) is 0. The second-order valence-electron chi connectivity index (χ2n) is 0.604. The highest BCUT2D eigenvalue weighted by molar-refractivity contribution is 7.36. The normalized spacial score (nSPS) is 8.25. The molecule has 0 radical (unpaired) electrons. The summed E-state index contributed by atoms with van der Waals surface area (Å²) in [5, 5.41) is 0. The summed E-state index contributed by atoms with van der Waals surface area (Å²) in [4.78, 5) is 0. The van der Waals surface area contributed by atoms with E-state index >= 15 is 0 Å². The first-order valence-corrected chi connectivity index (χ1v) is 2.83. The van der Waals surface area contributed by atoms with E-state index in [4.69, 9.17) is 0 Å². The minimum Gasteiger partial charge on any atom is -0.0244 e. The SMILES string of the molecule is C=[PH+]CC. The van der Waals surface area contributed by atoms with Crippen molar-refractivity contribution in [2.24, 2.45) is 0 Å². The van der Waals surface area contributed by atoms with Crippen LogP contribution < -0.4 is 0 Å². The molecule has 0 aromatic carbocycles. The van der Waals surface area contributed by atoms with Gasteiger partial charge in [-0.05, 0) is 6.92 Å². The van der Waals surface area contributed by atoms with Gasteiger partial charge in [0.1, 0.15) is 6.16 Å². The minimum absolute atomic E-state index is 0.890. The Balaban J connectivity index is 2.30. The lowest BCUT2D eigenvalue weighted by molar-refractivity contribution is 1.53. The van der Waals surface area contributed by atoms with Crippen LogP contribution in [0.3, 0.4) is 0 Å². The summed E-state index contributed by atoms with van der Waals surface area (Å²) in [6, 6.07) is 0. The molecule has 1 unspecified atom stereocenters. The van der Waals surface area contributed by atoms with Crippen molar-refractivity contribution in [1.29, 1.82) is 0 Å². The first-order valence-electron chi connectivity index (χ1n) is 1.41. The molecule has 24 valence electrons. The second-order valence-corrected chi connectivity index (χ2v) is 1.81. The number of hydrogen-bond donors (Lipinski definition) is 0. The zero-order chi connectivity index (χ0) is 3.41. The molecule has 0 spiro atoms. The molecule has 0 heterocycles. The quantitative estimate of drug-likeness (QED) is 0.409. The van der Waals surface area contributed by atoms with Crippen molar-refractivity contribution in [2.75, 3.05) is 6.16 Å². The van der Waals surface area contributed by atoms with E-state index < -0.39 is 0 Å². The van der Waals surface area contributed by atoms with E-state index in [1.54, 1.807) is 0 Å². The lowest BCUT2D eigenvalue weighted by Crippen LogP contribution is -1.40. The Morgan fingerprint density at radius 2 is 2.25 bits per heavy atom. The van der Waals surface area contributed by atoms with E-state index in [9.17, 15) is 0 Å². The first kappa shape index (κ1) is 4.17. The maximum Gasteiger partial charge on any atom is 0.101 e. The first-order chi connectivity index (χ1) is 1.91. The van der Waals surface area contributed by atoms with Gasteiger partial charge in [-0.2, -0.15) is 0 Å². The molecular weight excluding hydrogens is 67.0 g/mol. The molecule has 0 amide bonds. The molecule has 0 aromatic heterocycles. The van der Waals surface area contributed by atoms with Gasteiger partial charge >= 0.3 is 0 Å². The molecule has 1 atom stereocenters. The Hall–Kier alpha value is 0.170. The van der Waals surface area contributed by atoms with Gasteiger partial charge in [0.05, 0.1) is 14.5 Å². The van der Waals surface area contributed by atoms with Gasteiger partial charge in [0.2, 0.25) is 0 Å². The van der Waals surface area contributed by atoms with Crippen LogP contribution in [0.5, 0.6) is 0 Å². The Morgan fingerprint density at radius 3 is 2.25 bits per heavy atom. The summed E-state index contributed by atoms with van der Waals surface area (Å²) in [6.45, 7) is 2.13. The van der Waals surface area contributed by atoms with Crippen molar-refractivity contribution >= 4 is 14.5 Å². The van der Waals surface area contributed by atoms with Crippen LogP contribution in [0.4, 0.5) is 0 Å². The highest BCUT2D eigenvalue weighted by Crippen LogP contribution is 1.81. The maximum absolute atomic E-state index is 3.63. The lowest BCUT2D eigenvalue weighted by atomic mass is 11.0. The topological polar surface area (TPSA) is 0 Å². The van der Waals surface area contributed by atoms with E-state index in [1.807, 2.05) is 0 Å². The summed E-state index contributed by atoms with van der Waals surface area (Å²) >= 11 is 0. The number of hydrogen-bond acceptors (Lipinski definition) is 0.